The molecule has 2 aromatic rings. The number of nitrogens with zero attached hydrogens (tertiary/aromatic N) is 1. The zero-order chi connectivity index (χ0) is 17.8. The molecular weight excluding hydrogens is 320 g/mol. The van der Waals surface area contributed by atoms with Crippen LogP contribution >= 0.6 is 0 Å². The molecule has 0 aliphatic heterocycles. The molecule has 1 N–H and O–H groups in total. The number of furan rings is 1. The number of amides is 1. The number of carbonyl (C=O) groups is 2. The van der Waals surface area contributed by atoms with E-state index in [2.05, 4.69) is 29.8 Å². The lowest BCUT2D eigenvalue weighted by molar-refractivity contribution is -0.143. The second-order valence-electron chi connectivity index (χ2n) is 6.22. The fourth-order valence-corrected chi connectivity index (χ4v) is 2.86. The first-order chi connectivity index (χ1) is 12.0. The van der Waals surface area contributed by atoms with E-state index in [0.29, 0.717) is 11.8 Å². The summed E-state index contributed by atoms with van der Waals surface area (Å²) < 4.78 is 12.4. The summed E-state index contributed by atoms with van der Waals surface area (Å²) in [4.78, 5) is 23.4. The minimum Gasteiger partial charge on any atom is -0.467 e. The highest BCUT2D eigenvalue weighted by Gasteiger charge is 2.26. The number of ether oxygens (including phenoxy) is 1. The minimum absolute atomic E-state index is 0.270. The zero-order valence-electron chi connectivity index (χ0n) is 14.5. The third-order valence-electron chi connectivity index (χ3n) is 4.22. The van der Waals surface area contributed by atoms with Gasteiger partial charge in [-0.1, -0.05) is 0 Å². The van der Waals surface area contributed by atoms with Gasteiger partial charge in [-0.15, -0.1) is 0 Å². The van der Waals surface area contributed by atoms with Crippen LogP contribution in [0.2, 0.25) is 0 Å². The number of hydrogen-bond acceptors (Lipinski definition) is 4. The molecule has 1 amide bonds. The second-order valence-corrected chi connectivity index (χ2v) is 6.22. The first-order valence-electron chi connectivity index (χ1n) is 8.37. The molecule has 0 atom stereocenters. The summed E-state index contributed by atoms with van der Waals surface area (Å²) in [7, 11) is 0. The normalized spacial score (nSPS) is 14.0. The van der Waals surface area contributed by atoms with Gasteiger partial charge >= 0.3 is 5.97 Å². The van der Waals surface area contributed by atoms with Gasteiger partial charge in [0.25, 0.3) is 5.91 Å². The molecule has 0 radical (unpaired) electrons. The minimum atomic E-state index is -0.538. The fraction of sp³-hybridized carbons (Fsp3) is 0.368. The third-order valence-corrected chi connectivity index (χ3v) is 4.22. The molecule has 2 heterocycles. The molecule has 6 nitrogen and oxygen atoms in total. The molecule has 1 fully saturated rings. The highest BCUT2D eigenvalue weighted by molar-refractivity contribution is 5.89. The predicted molar refractivity (Wildman–Crippen MR) is 92.7 cm³/mol. The summed E-state index contributed by atoms with van der Waals surface area (Å²) in [5.74, 6) is -0.264. The van der Waals surface area contributed by atoms with E-state index in [0.717, 1.165) is 11.3 Å². The summed E-state index contributed by atoms with van der Waals surface area (Å²) in [6, 6.07) is 6.17. The van der Waals surface area contributed by atoms with E-state index in [1.807, 2.05) is 0 Å². The van der Waals surface area contributed by atoms with Crippen molar-refractivity contribution < 1.29 is 18.7 Å². The Morgan fingerprint density at radius 3 is 2.88 bits per heavy atom. The van der Waals surface area contributed by atoms with Crippen LogP contribution in [0.25, 0.3) is 6.08 Å². The zero-order valence-corrected chi connectivity index (χ0v) is 14.5. The number of hydrogen-bond donors (Lipinski definition) is 1. The van der Waals surface area contributed by atoms with Crippen molar-refractivity contribution in [3.05, 3.63) is 53.2 Å². The van der Waals surface area contributed by atoms with Crippen LogP contribution in [-0.2, 0) is 20.9 Å². The number of aryl methyl sites for hydroxylation is 1. The average Bonchev–Trinajstić information content (AvgIpc) is 3.19. The average molecular weight is 342 g/mol. The van der Waals surface area contributed by atoms with E-state index < -0.39 is 5.97 Å². The lowest BCUT2D eigenvalue weighted by atomic mass is 10.2. The van der Waals surface area contributed by atoms with Crippen LogP contribution in [-0.4, -0.2) is 23.1 Å². The number of aromatic nitrogens is 1. The summed E-state index contributed by atoms with van der Waals surface area (Å²) >= 11 is 0. The molecule has 132 valence electrons. The molecule has 0 spiro atoms. The van der Waals surface area contributed by atoms with Crippen molar-refractivity contribution in [1.29, 1.82) is 0 Å². The van der Waals surface area contributed by atoms with Crippen molar-refractivity contribution in [3.8, 4) is 0 Å². The van der Waals surface area contributed by atoms with Gasteiger partial charge < -0.3 is 19.0 Å². The molecule has 0 unspecified atom stereocenters. The van der Waals surface area contributed by atoms with Crippen LogP contribution in [0.15, 0.2) is 35.0 Å². The lowest BCUT2D eigenvalue weighted by Gasteiger charge is -2.06. The molecule has 1 aliphatic rings. The van der Waals surface area contributed by atoms with Crippen LogP contribution in [0.1, 0.15) is 41.6 Å². The van der Waals surface area contributed by atoms with Crippen LogP contribution < -0.4 is 5.32 Å². The van der Waals surface area contributed by atoms with E-state index in [1.165, 1.54) is 30.9 Å². The van der Waals surface area contributed by atoms with Crippen molar-refractivity contribution in [1.82, 2.24) is 9.88 Å². The van der Waals surface area contributed by atoms with Gasteiger partial charge in [-0.3, -0.25) is 4.79 Å². The van der Waals surface area contributed by atoms with Crippen LogP contribution in [0, 0.1) is 13.8 Å². The van der Waals surface area contributed by atoms with Crippen molar-refractivity contribution >= 4 is 18.0 Å². The van der Waals surface area contributed by atoms with E-state index in [-0.39, 0.29) is 19.1 Å². The Bertz CT molecular complexity index is 783. The maximum absolute atomic E-state index is 11.8. The molecule has 6 heteroatoms. The van der Waals surface area contributed by atoms with Crippen LogP contribution in [0.4, 0.5) is 0 Å². The predicted octanol–water partition coefficient (Wildman–Crippen LogP) is 2.91. The Morgan fingerprint density at radius 2 is 2.20 bits per heavy atom. The van der Waals surface area contributed by atoms with E-state index in [1.54, 1.807) is 18.2 Å². The van der Waals surface area contributed by atoms with Gasteiger partial charge in [0, 0.05) is 23.5 Å². The SMILES string of the molecule is Cc1cc(/C=C/C(=O)OCC(=O)NCc2ccco2)c(C)n1C1CC1. The molecule has 0 saturated heterocycles. The van der Waals surface area contributed by atoms with Gasteiger partial charge in [-0.2, -0.15) is 0 Å². The number of rotatable bonds is 7. The lowest BCUT2D eigenvalue weighted by Crippen LogP contribution is -2.27. The van der Waals surface area contributed by atoms with Gasteiger partial charge in [-0.25, -0.2) is 4.79 Å². The molecule has 0 aromatic carbocycles. The smallest absolute Gasteiger partial charge is 0.331 e. The molecular formula is C19H22N2O4. The maximum Gasteiger partial charge on any atom is 0.331 e. The molecule has 25 heavy (non-hydrogen) atoms. The Labute approximate surface area is 146 Å². The summed E-state index contributed by atoms with van der Waals surface area (Å²) in [5, 5.41) is 2.62. The second kappa shape index (κ2) is 7.42. The van der Waals surface area contributed by atoms with Crippen molar-refractivity contribution in [3.63, 3.8) is 0 Å². The van der Waals surface area contributed by atoms with Crippen LogP contribution in [0.5, 0.6) is 0 Å². The van der Waals surface area contributed by atoms with Crippen molar-refractivity contribution in [2.24, 2.45) is 0 Å². The van der Waals surface area contributed by atoms with E-state index in [9.17, 15) is 9.59 Å². The van der Waals surface area contributed by atoms with E-state index >= 15 is 0 Å². The third kappa shape index (κ3) is 4.41. The van der Waals surface area contributed by atoms with Gasteiger partial charge in [0.2, 0.25) is 0 Å². The molecule has 0 bridgehead atoms. The summed E-state index contributed by atoms with van der Waals surface area (Å²) in [6.07, 6.45) is 7.07. The number of esters is 1. The largest absolute Gasteiger partial charge is 0.467 e. The van der Waals surface area contributed by atoms with Crippen LogP contribution in [0.3, 0.4) is 0 Å². The number of nitrogens with one attached hydrogen (secondary N) is 1. The van der Waals surface area contributed by atoms with E-state index in [4.69, 9.17) is 9.15 Å². The van der Waals surface area contributed by atoms with Gasteiger partial charge in [0.05, 0.1) is 12.8 Å². The standard InChI is InChI=1S/C19H22N2O4/c1-13-10-15(14(2)21(13)16-6-7-16)5-8-19(23)25-12-18(22)20-11-17-4-3-9-24-17/h3-5,8-10,16H,6-7,11-12H2,1-2H3,(H,20,22)/b8-5+. The highest BCUT2D eigenvalue weighted by Crippen LogP contribution is 2.38. The van der Waals surface area contributed by atoms with Gasteiger partial charge in [0.1, 0.15) is 5.76 Å². The molecule has 1 aliphatic carbocycles. The fourth-order valence-electron chi connectivity index (χ4n) is 2.86. The van der Waals surface area contributed by atoms with Gasteiger partial charge in [0.15, 0.2) is 6.61 Å². The molecule has 1 saturated carbocycles. The van der Waals surface area contributed by atoms with Crippen molar-refractivity contribution in [2.75, 3.05) is 6.61 Å². The number of carbonyl (C=O) groups excluding carboxylic acids is 2. The maximum atomic E-state index is 11.8. The summed E-state index contributed by atoms with van der Waals surface area (Å²) in [5.41, 5.74) is 3.36. The van der Waals surface area contributed by atoms with Gasteiger partial charge in [-0.05, 0) is 56.5 Å². The molecule has 2 aromatic heterocycles. The Kier molecular flexibility index (Phi) is 5.07. The highest BCUT2D eigenvalue weighted by atomic mass is 16.5. The quantitative estimate of drug-likeness (QED) is 0.620. The Hall–Kier alpha value is -2.76. The monoisotopic (exact) mass is 342 g/mol. The topological polar surface area (TPSA) is 73.5 Å². The van der Waals surface area contributed by atoms with Crippen molar-refractivity contribution in [2.45, 2.75) is 39.3 Å². The Morgan fingerprint density at radius 1 is 1.40 bits per heavy atom. The first kappa shape index (κ1) is 17.1. The Balaban J connectivity index is 1.46. The molecule has 3 rings (SSSR count). The first-order valence-corrected chi connectivity index (χ1v) is 8.37. The summed E-state index contributed by atoms with van der Waals surface area (Å²) in [6.45, 7) is 4.08.